The summed E-state index contributed by atoms with van der Waals surface area (Å²) in [7, 11) is -0.330. The predicted octanol–water partition coefficient (Wildman–Crippen LogP) is 6.32. The molecule has 1 rings (SSSR count). The Morgan fingerprint density at radius 3 is 1.73 bits per heavy atom. The summed E-state index contributed by atoms with van der Waals surface area (Å²) < 4.78 is 0. The summed E-state index contributed by atoms with van der Waals surface area (Å²) in [6.45, 7) is 4.62. The summed E-state index contributed by atoms with van der Waals surface area (Å²) in [5.74, 6) is 3.74. The third-order valence-electron chi connectivity index (χ3n) is 5.29. The Bertz CT molecular complexity index is 250. The number of hydrogen-bond acceptors (Lipinski definition) is 1. The van der Waals surface area contributed by atoms with Crippen molar-refractivity contribution in [1.29, 1.82) is 0 Å². The topological polar surface area (TPSA) is 12.0 Å². The van der Waals surface area contributed by atoms with Crippen LogP contribution in [0.5, 0.6) is 0 Å². The Kier molecular flexibility index (Phi) is 10.9. The van der Waals surface area contributed by atoms with Crippen LogP contribution in [0, 0.1) is 5.92 Å². The van der Waals surface area contributed by atoms with Gasteiger partial charge in [0.15, 0.2) is 0 Å². The minimum atomic E-state index is -0.330. The van der Waals surface area contributed by atoms with Crippen LogP contribution in [0.15, 0.2) is 0 Å². The van der Waals surface area contributed by atoms with Gasteiger partial charge in [0.2, 0.25) is 0 Å². The molecule has 1 unspecified atom stereocenters. The van der Waals surface area contributed by atoms with E-state index in [1.807, 2.05) is 0 Å². The Labute approximate surface area is 142 Å². The summed E-state index contributed by atoms with van der Waals surface area (Å²) in [6.07, 6.45) is 22.3. The van der Waals surface area contributed by atoms with Gasteiger partial charge in [0.05, 0.1) is 0 Å². The molecule has 134 valence electrons. The van der Waals surface area contributed by atoms with Gasteiger partial charge in [0, 0.05) is 11.9 Å². The monoisotopic (exact) mass is 329 g/mol. The minimum Gasteiger partial charge on any atom is -0.305 e. The number of rotatable bonds is 13. The van der Waals surface area contributed by atoms with E-state index in [9.17, 15) is 0 Å². The highest BCUT2D eigenvalue weighted by Crippen LogP contribution is 2.45. The van der Waals surface area contributed by atoms with Crippen LogP contribution >= 0.6 is 10.0 Å². The van der Waals surface area contributed by atoms with Crippen LogP contribution in [0.2, 0.25) is 0 Å². The molecule has 0 aromatic carbocycles. The van der Waals surface area contributed by atoms with Crippen molar-refractivity contribution in [3.63, 3.8) is 0 Å². The van der Waals surface area contributed by atoms with Crippen LogP contribution < -0.4 is 5.32 Å². The van der Waals surface area contributed by atoms with Crippen molar-refractivity contribution in [3.8, 4) is 0 Å². The largest absolute Gasteiger partial charge is 0.305 e. The summed E-state index contributed by atoms with van der Waals surface area (Å²) >= 11 is 0. The van der Waals surface area contributed by atoms with Crippen molar-refractivity contribution in [2.45, 2.75) is 96.9 Å². The average Bonchev–Trinajstić information content (AvgIpc) is 2.84. The molecule has 0 aromatic rings. The second-order valence-electron chi connectivity index (χ2n) is 8.05. The van der Waals surface area contributed by atoms with E-state index in [2.05, 4.69) is 31.7 Å². The van der Waals surface area contributed by atoms with Gasteiger partial charge < -0.3 is 5.32 Å². The van der Waals surface area contributed by atoms with Crippen molar-refractivity contribution in [2.75, 3.05) is 24.1 Å². The Morgan fingerprint density at radius 1 is 0.818 bits per heavy atom. The van der Waals surface area contributed by atoms with Gasteiger partial charge in [0.25, 0.3) is 0 Å². The third kappa shape index (κ3) is 8.82. The lowest BCUT2D eigenvalue weighted by molar-refractivity contribution is 0.332. The Hall–Kier alpha value is 0.310. The molecule has 1 saturated heterocycles. The van der Waals surface area contributed by atoms with Crippen molar-refractivity contribution < 1.29 is 0 Å². The van der Waals surface area contributed by atoms with Crippen LogP contribution in [0.3, 0.4) is 0 Å². The van der Waals surface area contributed by atoms with Crippen LogP contribution in [0.25, 0.3) is 0 Å². The molecule has 1 nitrogen and oxygen atoms in total. The van der Waals surface area contributed by atoms with Crippen molar-refractivity contribution >= 4 is 10.0 Å². The molecular weight excluding hydrogens is 286 g/mol. The lowest BCUT2D eigenvalue weighted by Crippen LogP contribution is -2.32. The first-order chi connectivity index (χ1) is 10.6. The van der Waals surface area contributed by atoms with Gasteiger partial charge in [-0.2, -0.15) is 0 Å². The van der Waals surface area contributed by atoms with E-state index in [0.717, 1.165) is 12.0 Å². The molecular formula is C20H43NS. The van der Waals surface area contributed by atoms with Gasteiger partial charge >= 0.3 is 0 Å². The van der Waals surface area contributed by atoms with E-state index in [1.165, 1.54) is 88.7 Å². The number of unbranched alkanes of at least 4 members (excludes halogenated alkanes) is 8. The lowest BCUT2D eigenvalue weighted by Gasteiger charge is -2.27. The van der Waals surface area contributed by atoms with E-state index in [-0.39, 0.29) is 10.0 Å². The molecule has 0 aromatic heterocycles. The first-order valence-electron chi connectivity index (χ1n) is 10.0. The van der Waals surface area contributed by atoms with Crippen molar-refractivity contribution in [2.24, 2.45) is 5.92 Å². The van der Waals surface area contributed by atoms with Crippen LogP contribution in [0.4, 0.5) is 0 Å². The van der Waals surface area contributed by atoms with Crippen LogP contribution in [-0.2, 0) is 0 Å². The van der Waals surface area contributed by atoms with Crippen molar-refractivity contribution in [3.05, 3.63) is 0 Å². The average molecular weight is 330 g/mol. The third-order valence-corrected chi connectivity index (χ3v) is 7.50. The Morgan fingerprint density at radius 2 is 1.32 bits per heavy atom. The maximum atomic E-state index is 3.89. The van der Waals surface area contributed by atoms with E-state index in [4.69, 9.17) is 0 Å². The molecule has 0 saturated carbocycles. The molecule has 1 fully saturated rings. The first kappa shape index (κ1) is 20.4. The molecule has 0 aliphatic carbocycles. The van der Waals surface area contributed by atoms with Gasteiger partial charge in [0.1, 0.15) is 0 Å². The van der Waals surface area contributed by atoms with E-state index >= 15 is 0 Å². The first-order valence-corrected chi connectivity index (χ1v) is 12.8. The molecule has 0 spiro atoms. The fourth-order valence-corrected chi connectivity index (χ4v) is 5.95. The van der Waals surface area contributed by atoms with E-state index in [0.29, 0.717) is 0 Å². The summed E-state index contributed by atoms with van der Waals surface area (Å²) in [5, 5.41) is 3.89. The second-order valence-corrected chi connectivity index (χ2v) is 12.2. The molecule has 1 heterocycles. The number of nitrogens with one attached hydrogen (secondary N) is 1. The normalized spacial score (nSPS) is 22.3. The summed E-state index contributed by atoms with van der Waals surface area (Å²) in [6, 6.07) is 0.836. The van der Waals surface area contributed by atoms with Crippen LogP contribution in [0.1, 0.15) is 90.9 Å². The van der Waals surface area contributed by atoms with Gasteiger partial charge in [-0.25, -0.2) is 10.0 Å². The lowest BCUT2D eigenvalue weighted by atomic mass is 9.89. The minimum absolute atomic E-state index is 0.330. The highest BCUT2D eigenvalue weighted by atomic mass is 32.3. The fourth-order valence-electron chi connectivity index (χ4n) is 3.81. The summed E-state index contributed by atoms with van der Waals surface area (Å²) in [4.78, 5) is 0. The zero-order chi connectivity index (χ0) is 16.3. The molecule has 1 N–H and O–H groups in total. The standard InChI is InChI=1S/C20H43NS/c1-5-7-9-11-13-15-19(16-14-12-10-8-6-2)20-17-22(3,4)18-21-20/h19-21H,5-18H2,1-4H3. The zero-order valence-electron chi connectivity index (χ0n) is 16.0. The maximum absolute atomic E-state index is 3.89. The van der Waals surface area contributed by atoms with Crippen molar-refractivity contribution in [1.82, 2.24) is 5.32 Å². The van der Waals surface area contributed by atoms with E-state index < -0.39 is 0 Å². The molecule has 0 bridgehead atoms. The quantitative estimate of drug-likeness (QED) is 0.390. The van der Waals surface area contributed by atoms with Gasteiger partial charge in [-0.05, 0) is 37.0 Å². The number of hydrogen-bond donors (Lipinski definition) is 1. The fraction of sp³-hybridized carbons (Fsp3) is 1.00. The second kappa shape index (κ2) is 11.8. The molecule has 0 amide bonds. The molecule has 1 aliphatic rings. The maximum Gasteiger partial charge on any atom is 0.0260 e. The van der Waals surface area contributed by atoms with Crippen LogP contribution in [-0.4, -0.2) is 30.2 Å². The van der Waals surface area contributed by atoms with Gasteiger partial charge in [-0.1, -0.05) is 78.1 Å². The predicted molar refractivity (Wildman–Crippen MR) is 106 cm³/mol. The zero-order valence-corrected chi connectivity index (χ0v) is 16.8. The van der Waals surface area contributed by atoms with E-state index in [1.54, 1.807) is 0 Å². The molecule has 22 heavy (non-hydrogen) atoms. The highest BCUT2D eigenvalue weighted by molar-refractivity contribution is 8.32. The molecule has 1 atom stereocenters. The Balaban J connectivity index is 2.29. The smallest absolute Gasteiger partial charge is 0.0260 e. The SMILES string of the molecule is CCCCCCCC(CCCCCCC)C1CS(C)(C)CN1. The highest BCUT2D eigenvalue weighted by Gasteiger charge is 2.31. The van der Waals surface area contributed by atoms with Gasteiger partial charge in [-0.15, -0.1) is 0 Å². The molecule has 0 radical (unpaired) electrons. The molecule has 2 heteroatoms. The molecule has 1 aliphatic heterocycles. The summed E-state index contributed by atoms with van der Waals surface area (Å²) in [5.41, 5.74) is 0. The van der Waals surface area contributed by atoms with Gasteiger partial charge in [-0.3, -0.25) is 0 Å².